The van der Waals surface area contributed by atoms with Crippen molar-refractivity contribution in [2.45, 2.75) is 20.0 Å². The summed E-state index contributed by atoms with van der Waals surface area (Å²) in [6.07, 6.45) is 2.21. The number of nitrogens with zero attached hydrogens (tertiary/aromatic N) is 3. The molecule has 0 aliphatic carbocycles. The van der Waals surface area contributed by atoms with Crippen LogP contribution in [0.2, 0.25) is 5.02 Å². The first-order chi connectivity index (χ1) is 15.6. The molecule has 0 amide bonds. The number of aromatic nitrogens is 2. The van der Waals surface area contributed by atoms with Crippen molar-refractivity contribution in [3.8, 4) is 11.8 Å². The molecule has 0 saturated heterocycles. The van der Waals surface area contributed by atoms with E-state index in [1.807, 2.05) is 48.5 Å². The molecule has 0 saturated carbocycles. The van der Waals surface area contributed by atoms with Crippen LogP contribution < -0.4 is 4.74 Å². The first kappa shape index (κ1) is 21.4. The average molecular weight is 441 g/mol. The molecule has 1 aromatic heterocycles. The quantitative estimate of drug-likeness (QED) is 0.349. The summed E-state index contributed by atoms with van der Waals surface area (Å²) in [5.74, 6) is 1.15. The molecule has 1 N–H and O–H groups in total. The van der Waals surface area contributed by atoms with Crippen molar-refractivity contribution in [1.29, 1.82) is 5.26 Å². The minimum Gasteiger partial charge on any atom is -0.489 e. The topological polar surface area (TPSA) is 74.1 Å². The Morgan fingerprint density at radius 1 is 1.06 bits per heavy atom. The van der Waals surface area contributed by atoms with Gasteiger partial charge in [0.25, 0.3) is 0 Å². The maximum Gasteiger partial charge on any atom is 0.191 e. The van der Waals surface area contributed by atoms with E-state index in [0.717, 1.165) is 22.4 Å². The fraction of sp³-hybridized carbons (Fsp3) is 0.115. The normalized spacial score (nSPS) is 10.9. The number of rotatable bonds is 7. The monoisotopic (exact) mass is 440 g/mol. The van der Waals surface area contributed by atoms with Crippen molar-refractivity contribution < 1.29 is 4.74 Å². The second-order valence-electron chi connectivity index (χ2n) is 7.42. The fourth-order valence-electron chi connectivity index (χ4n) is 3.19. The molecule has 0 radical (unpaired) electrons. The van der Waals surface area contributed by atoms with E-state index >= 15 is 0 Å². The number of benzene rings is 3. The van der Waals surface area contributed by atoms with Crippen LogP contribution in [-0.4, -0.2) is 16.4 Å². The number of hydrogen-bond donors (Lipinski definition) is 1. The van der Waals surface area contributed by atoms with E-state index in [2.05, 4.69) is 52.4 Å². The van der Waals surface area contributed by atoms with E-state index in [1.165, 1.54) is 5.56 Å². The molecule has 5 nitrogen and oxygen atoms in total. The van der Waals surface area contributed by atoms with Gasteiger partial charge in [-0.25, -0.2) is 4.99 Å². The highest BCUT2D eigenvalue weighted by Gasteiger charge is 2.12. The first-order valence-electron chi connectivity index (χ1n) is 10.1. The Kier molecular flexibility index (Phi) is 6.64. The minimum atomic E-state index is 0.365. The number of nitriles is 1. The lowest BCUT2D eigenvalue weighted by Crippen LogP contribution is -1.95. The molecule has 0 atom stereocenters. The smallest absolute Gasteiger partial charge is 0.191 e. The van der Waals surface area contributed by atoms with Crippen LogP contribution in [0.4, 0.5) is 5.82 Å². The summed E-state index contributed by atoms with van der Waals surface area (Å²) in [6.45, 7) is 2.58. The second-order valence-corrected chi connectivity index (χ2v) is 7.86. The molecule has 6 heteroatoms. The molecule has 3 aromatic carbocycles. The number of aryl methyl sites for hydroxylation is 1. The zero-order valence-corrected chi connectivity index (χ0v) is 18.3. The lowest BCUT2D eigenvalue weighted by molar-refractivity contribution is 0.306. The van der Waals surface area contributed by atoms with Crippen LogP contribution >= 0.6 is 11.6 Å². The van der Waals surface area contributed by atoms with Gasteiger partial charge in [-0.1, -0.05) is 53.6 Å². The van der Waals surface area contributed by atoms with Gasteiger partial charge in [-0.3, -0.25) is 5.10 Å². The van der Waals surface area contributed by atoms with Gasteiger partial charge < -0.3 is 4.74 Å². The number of nitrogens with one attached hydrogen (secondary N) is 1. The van der Waals surface area contributed by atoms with Crippen LogP contribution in [-0.2, 0) is 13.0 Å². The largest absolute Gasteiger partial charge is 0.489 e. The summed E-state index contributed by atoms with van der Waals surface area (Å²) in [6, 6.07) is 25.6. The Hall–Kier alpha value is -3.88. The number of hydrogen-bond acceptors (Lipinski definition) is 4. The zero-order chi connectivity index (χ0) is 22.3. The maximum atomic E-state index is 9.60. The summed E-state index contributed by atoms with van der Waals surface area (Å²) < 4.78 is 5.84. The first-order valence-corrected chi connectivity index (χ1v) is 10.5. The number of aliphatic imine (C=N–C) groups is 1. The molecule has 0 spiro atoms. The molecule has 4 aromatic rings. The highest BCUT2D eigenvalue weighted by atomic mass is 35.5. The summed E-state index contributed by atoms with van der Waals surface area (Å²) in [5, 5.41) is 17.4. The minimum absolute atomic E-state index is 0.365. The fourth-order valence-corrected chi connectivity index (χ4v) is 3.41. The van der Waals surface area contributed by atoms with E-state index < -0.39 is 0 Å². The van der Waals surface area contributed by atoms with Crippen molar-refractivity contribution in [3.05, 3.63) is 111 Å². The predicted molar refractivity (Wildman–Crippen MR) is 127 cm³/mol. The molecular formula is C26H21ClN4O. The Balaban J connectivity index is 1.41. The predicted octanol–water partition coefficient (Wildman–Crippen LogP) is 6.16. The molecular weight excluding hydrogens is 420 g/mol. The van der Waals surface area contributed by atoms with Crippen LogP contribution in [0.5, 0.6) is 5.75 Å². The third-order valence-corrected chi connectivity index (χ3v) is 5.18. The van der Waals surface area contributed by atoms with E-state index in [-0.39, 0.29) is 0 Å². The summed E-state index contributed by atoms with van der Waals surface area (Å²) >= 11 is 6.05. The van der Waals surface area contributed by atoms with Crippen molar-refractivity contribution >= 4 is 23.6 Å². The highest BCUT2D eigenvalue weighted by molar-refractivity contribution is 6.30. The van der Waals surface area contributed by atoms with Crippen LogP contribution in [0.3, 0.4) is 0 Å². The van der Waals surface area contributed by atoms with Crippen LogP contribution in [0, 0.1) is 18.3 Å². The van der Waals surface area contributed by atoms with Crippen molar-refractivity contribution in [1.82, 2.24) is 10.2 Å². The molecule has 0 bridgehead atoms. The number of halogens is 1. The molecule has 1 heterocycles. The lowest BCUT2D eigenvalue weighted by atomic mass is 10.1. The van der Waals surface area contributed by atoms with Gasteiger partial charge in [0.1, 0.15) is 24.0 Å². The van der Waals surface area contributed by atoms with E-state index in [4.69, 9.17) is 16.3 Å². The van der Waals surface area contributed by atoms with Gasteiger partial charge in [0.2, 0.25) is 0 Å². The van der Waals surface area contributed by atoms with Gasteiger partial charge in [-0.2, -0.15) is 10.4 Å². The van der Waals surface area contributed by atoms with Crippen molar-refractivity contribution in [3.63, 3.8) is 0 Å². The van der Waals surface area contributed by atoms with Crippen LogP contribution in [0.1, 0.15) is 33.5 Å². The molecule has 32 heavy (non-hydrogen) atoms. The lowest BCUT2D eigenvalue weighted by Gasteiger charge is -2.06. The van der Waals surface area contributed by atoms with E-state index in [1.54, 1.807) is 6.21 Å². The van der Waals surface area contributed by atoms with Crippen LogP contribution in [0.15, 0.2) is 77.8 Å². The molecule has 0 fully saturated rings. The molecule has 158 valence electrons. The van der Waals surface area contributed by atoms with Gasteiger partial charge in [-0.05, 0) is 60.0 Å². The Bertz CT molecular complexity index is 1270. The Morgan fingerprint density at radius 3 is 2.56 bits per heavy atom. The summed E-state index contributed by atoms with van der Waals surface area (Å²) in [5.41, 5.74) is 5.37. The third kappa shape index (κ3) is 5.42. The Morgan fingerprint density at radius 2 is 1.84 bits per heavy atom. The molecule has 4 rings (SSSR count). The maximum absolute atomic E-state index is 9.60. The SMILES string of the molecule is Cc1ccc(COc2ccc(C=Nc3n[nH]c(Cc4cccc(Cl)c4)c3C#N)cc2)cc1. The van der Waals surface area contributed by atoms with Crippen molar-refractivity contribution in [2.75, 3.05) is 0 Å². The number of ether oxygens (including phenoxy) is 1. The van der Waals surface area contributed by atoms with Gasteiger partial charge in [0.15, 0.2) is 5.82 Å². The van der Waals surface area contributed by atoms with Gasteiger partial charge in [0, 0.05) is 17.7 Å². The average Bonchev–Trinajstić information content (AvgIpc) is 3.19. The molecule has 0 aliphatic heterocycles. The number of H-pyrrole nitrogens is 1. The second kappa shape index (κ2) is 9.95. The summed E-state index contributed by atoms with van der Waals surface area (Å²) in [7, 11) is 0. The zero-order valence-electron chi connectivity index (χ0n) is 17.5. The van der Waals surface area contributed by atoms with E-state index in [0.29, 0.717) is 35.1 Å². The standard InChI is InChI=1S/C26H21ClN4O/c1-18-5-7-20(8-6-18)17-32-23-11-9-19(10-12-23)16-29-26-24(15-28)25(30-31-26)14-21-3-2-4-22(27)13-21/h2-13,16H,14,17H2,1H3,(H,30,31). The van der Waals surface area contributed by atoms with Crippen molar-refractivity contribution in [2.24, 2.45) is 4.99 Å². The van der Waals surface area contributed by atoms with E-state index in [9.17, 15) is 5.26 Å². The van der Waals surface area contributed by atoms with Gasteiger partial charge in [-0.15, -0.1) is 0 Å². The number of aromatic amines is 1. The highest BCUT2D eigenvalue weighted by Crippen LogP contribution is 2.22. The summed E-state index contributed by atoms with van der Waals surface area (Å²) in [4.78, 5) is 4.40. The van der Waals surface area contributed by atoms with Crippen LogP contribution in [0.25, 0.3) is 0 Å². The van der Waals surface area contributed by atoms with Gasteiger partial charge in [0.05, 0.1) is 5.69 Å². The molecule has 0 aliphatic rings. The third-order valence-electron chi connectivity index (χ3n) is 4.95. The molecule has 0 unspecified atom stereocenters. The van der Waals surface area contributed by atoms with Gasteiger partial charge >= 0.3 is 0 Å². The Labute approximate surface area is 192 Å².